The lowest BCUT2D eigenvalue weighted by molar-refractivity contribution is 0.101. The fourth-order valence-corrected chi connectivity index (χ4v) is 4.46. The summed E-state index contributed by atoms with van der Waals surface area (Å²) < 4.78 is 1.68. The summed E-state index contributed by atoms with van der Waals surface area (Å²) in [5.41, 5.74) is 13.2. The maximum absolute atomic E-state index is 13.4. The summed E-state index contributed by atoms with van der Waals surface area (Å²) in [6, 6.07) is 26.4. The van der Waals surface area contributed by atoms with Crippen molar-refractivity contribution in [1.29, 1.82) is 0 Å². The Bertz CT molecular complexity index is 1350. The Hall–Kier alpha value is -3.74. The number of amides is 1. The second-order valence-electron chi connectivity index (χ2n) is 9.73. The molecule has 5 rings (SSSR count). The predicted molar refractivity (Wildman–Crippen MR) is 144 cm³/mol. The lowest BCUT2D eigenvalue weighted by Crippen LogP contribution is -2.25. The van der Waals surface area contributed by atoms with Crippen LogP contribution in [-0.4, -0.2) is 22.2 Å². The van der Waals surface area contributed by atoms with E-state index in [-0.39, 0.29) is 11.9 Å². The van der Waals surface area contributed by atoms with Gasteiger partial charge in [-0.05, 0) is 86.2 Å². The molecular formula is C30H33N5O. The number of nitrogens with two attached hydrogens (primary N) is 1. The van der Waals surface area contributed by atoms with Crippen LogP contribution >= 0.6 is 0 Å². The molecule has 3 aromatic carbocycles. The van der Waals surface area contributed by atoms with E-state index in [9.17, 15) is 4.79 Å². The molecule has 1 aliphatic carbocycles. The summed E-state index contributed by atoms with van der Waals surface area (Å²) in [5, 5.41) is 11.4. The molecule has 0 aliphatic heterocycles. The minimum Gasteiger partial charge on any atom is -0.326 e. The predicted octanol–water partition coefficient (Wildman–Crippen LogP) is 5.29. The molecule has 1 aromatic heterocycles. The molecule has 1 aliphatic rings. The smallest absolute Gasteiger partial charge is 0.274 e. The molecule has 6 nitrogen and oxygen atoms in total. The summed E-state index contributed by atoms with van der Waals surface area (Å²) in [6.45, 7) is 5.42. The van der Waals surface area contributed by atoms with Gasteiger partial charge in [0.25, 0.3) is 5.91 Å². The number of hydrogen-bond donors (Lipinski definition) is 3. The SMILES string of the molecule is Cc1ccc(C(NCC2CC2)c2cccc(NC(=O)c3cc(C)nn3-c3cccc(CN)c3)c2)cc1. The number of aryl methyl sites for hydroxylation is 2. The largest absolute Gasteiger partial charge is 0.326 e. The second-order valence-corrected chi connectivity index (χ2v) is 9.73. The van der Waals surface area contributed by atoms with Crippen LogP contribution in [0.5, 0.6) is 0 Å². The summed E-state index contributed by atoms with van der Waals surface area (Å²) >= 11 is 0. The Kier molecular flexibility index (Phi) is 6.98. The normalized spacial score (nSPS) is 14.0. The van der Waals surface area contributed by atoms with Crippen molar-refractivity contribution in [2.24, 2.45) is 11.7 Å². The van der Waals surface area contributed by atoms with E-state index in [0.29, 0.717) is 12.2 Å². The highest BCUT2D eigenvalue weighted by atomic mass is 16.2. The number of benzene rings is 3. The minimum atomic E-state index is -0.205. The van der Waals surface area contributed by atoms with E-state index in [1.165, 1.54) is 24.0 Å². The molecule has 1 fully saturated rings. The third kappa shape index (κ3) is 5.56. The lowest BCUT2D eigenvalue weighted by Gasteiger charge is -2.21. The molecule has 4 N–H and O–H groups in total. The second kappa shape index (κ2) is 10.5. The third-order valence-corrected chi connectivity index (χ3v) is 6.65. The molecule has 0 radical (unpaired) electrons. The number of carbonyl (C=O) groups excluding carboxylic acids is 1. The molecule has 0 saturated heterocycles. The summed E-state index contributed by atoms with van der Waals surface area (Å²) in [5.74, 6) is 0.561. The van der Waals surface area contributed by atoms with Crippen LogP contribution in [0.2, 0.25) is 0 Å². The highest BCUT2D eigenvalue weighted by Crippen LogP contribution is 2.31. The van der Waals surface area contributed by atoms with E-state index in [0.717, 1.165) is 40.7 Å². The topological polar surface area (TPSA) is 85.0 Å². The zero-order chi connectivity index (χ0) is 25.1. The van der Waals surface area contributed by atoms with Gasteiger partial charge in [-0.3, -0.25) is 4.79 Å². The number of anilines is 1. The van der Waals surface area contributed by atoms with Crippen molar-refractivity contribution in [1.82, 2.24) is 15.1 Å². The van der Waals surface area contributed by atoms with E-state index < -0.39 is 0 Å². The van der Waals surface area contributed by atoms with Crippen molar-refractivity contribution in [2.75, 3.05) is 11.9 Å². The molecule has 1 saturated carbocycles. The summed E-state index contributed by atoms with van der Waals surface area (Å²) in [4.78, 5) is 13.4. The summed E-state index contributed by atoms with van der Waals surface area (Å²) in [7, 11) is 0. The van der Waals surface area contributed by atoms with Gasteiger partial charge >= 0.3 is 0 Å². The summed E-state index contributed by atoms with van der Waals surface area (Å²) in [6.07, 6.45) is 2.59. The van der Waals surface area contributed by atoms with Crippen LogP contribution in [0.25, 0.3) is 5.69 Å². The van der Waals surface area contributed by atoms with Crippen molar-refractivity contribution in [2.45, 2.75) is 39.3 Å². The van der Waals surface area contributed by atoms with Gasteiger partial charge in [0, 0.05) is 12.2 Å². The third-order valence-electron chi connectivity index (χ3n) is 6.65. The Morgan fingerprint density at radius 2 is 1.78 bits per heavy atom. The molecule has 4 aromatic rings. The van der Waals surface area contributed by atoms with Crippen molar-refractivity contribution in [3.63, 3.8) is 0 Å². The van der Waals surface area contributed by atoms with Crippen LogP contribution in [-0.2, 0) is 6.54 Å². The molecular weight excluding hydrogens is 446 g/mol. The number of aromatic nitrogens is 2. The van der Waals surface area contributed by atoms with Crippen molar-refractivity contribution < 1.29 is 4.79 Å². The number of hydrogen-bond acceptors (Lipinski definition) is 4. The number of nitrogens with zero attached hydrogens (tertiary/aromatic N) is 2. The number of nitrogens with one attached hydrogen (secondary N) is 2. The van der Waals surface area contributed by atoms with Crippen molar-refractivity contribution in [3.05, 3.63) is 113 Å². The quantitative estimate of drug-likeness (QED) is 0.305. The Labute approximate surface area is 212 Å². The molecule has 36 heavy (non-hydrogen) atoms. The van der Waals surface area contributed by atoms with E-state index in [1.807, 2.05) is 43.3 Å². The molecule has 0 spiro atoms. The molecule has 1 amide bonds. The van der Waals surface area contributed by atoms with E-state index >= 15 is 0 Å². The van der Waals surface area contributed by atoms with Gasteiger partial charge in [-0.1, -0.05) is 54.1 Å². The van der Waals surface area contributed by atoms with Gasteiger partial charge in [-0.15, -0.1) is 0 Å². The molecule has 1 unspecified atom stereocenters. The van der Waals surface area contributed by atoms with Crippen LogP contribution in [0.1, 0.15) is 57.3 Å². The van der Waals surface area contributed by atoms with Crippen LogP contribution in [0, 0.1) is 19.8 Å². The molecule has 6 heteroatoms. The first kappa shape index (κ1) is 24.0. The highest BCUT2D eigenvalue weighted by Gasteiger charge is 2.24. The first-order valence-electron chi connectivity index (χ1n) is 12.6. The highest BCUT2D eigenvalue weighted by molar-refractivity contribution is 6.03. The average molecular weight is 480 g/mol. The van der Waals surface area contributed by atoms with Gasteiger partial charge in [-0.2, -0.15) is 5.10 Å². The number of rotatable bonds is 9. The van der Waals surface area contributed by atoms with Crippen molar-refractivity contribution in [3.8, 4) is 5.69 Å². The van der Waals surface area contributed by atoms with E-state index in [2.05, 4.69) is 59.1 Å². The van der Waals surface area contributed by atoms with Crippen LogP contribution in [0.15, 0.2) is 78.9 Å². The van der Waals surface area contributed by atoms with Gasteiger partial charge in [0.05, 0.1) is 17.4 Å². The molecule has 0 bridgehead atoms. The van der Waals surface area contributed by atoms with Gasteiger partial charge in [0.15, 0.2) is 0 Å². The van der Waals surface area contributed by atoms with E-state index in [1.54, 1.807) is 10.7 Å². The first-order chi connectivity index (χ1) is 17.5. The van der Waals surface area contributed by atoms with Gasteiger partial charge < -0.3 is 16.4 Å². The van der Waals surface area contributed by atoms with Gasteiger partial charge in [0.2, 0.25) is 0 Å². The lowest BCUT2D eigenvalue weighted by atomic mass is 9.97. The minimum absolute atomic E-state index is 0.0647. The maximum atomic E-state index is 13.4. The fraction of sp³-hybridized carbons (Fsp3) is 0.267. The zero-order valence-electron chi connectivity index (χ0n) is 20.9. The fourth-order valence-electron chi connectivity index (χ4n) is 4.46. The van der Waals surface area contributed by atoms with Crippen LogP contribution in [0.3, 0.4) is 0 Å². The first-order valence-corrected chi connectivity index (χ1v) is 12.6. The maximum Gasteiger partial charge on any atom is 0.274 e. The Morgan fingerprint density at radius 3 is 2.53 bits per heavy atom. The van der Waals surface area contributed by atoms with Crippen LogP contribution < -0.4 is 16.4 Å². The van der Waals surface area contributed by atoms with Crippen molar-refractivity contribution >= 4 is 11.6 Å². The molecule has 184 valence electrons. The standard InChI is InChI=1S/C30H33N5O/c1-20-9-13-24(14-10-20)29(32-19-22-11-12-22)25-6-4-7-26(17-25)33-30(36)28-15-21(2)34-35(28)27-8-3-5-23(16-27)18-31/h3-10,13-17,22,29,32H,11-12,18-19,31H2,1-2H3,(H,33,36). The average Bonchev–Trinajstić information content (AvgIpc) is 3.64. The van der Waals surface area contributed by atoms with Crippen LogP contribution in [0.4, 0.5) is 5.69 Å². The number of carbonyl (C=O) groups is 1. The van der Waals surface area contributed by atoms with Gasteiger partial charge in [0.1, 0.15) is 5.69 Å². The Morgan fingerprint density at radius 1 is 1.00 bits per heavy atom. The molecule has 1 heterocycles. The molecule has 1 atom stereocenters. The van der Waals surface area contributed by atoms with Gasteiger partial charge in [-0.25, -0.2) is 4.68 Å². The monoisotopic (exact) mass is 479 g/mol. The zero-order valence-corrected chi connectivity index (χ0v) is 20.9. The Balaban J connectivity index is 1.40. The van der Waals surface area contributed by atoms with E-state index in [4.69, 9.17) is 5.73 Å².